The molecule has 3 N–H and O–H groups in total. The Hall–Kier alpha value is -3.24. The number of anilines is 1. The number of nitrogens with zero attached hydrogens (tertiary/aromatic N) is 4. The molecule has 1 aliphatic carbocycles. The van der Waals surface area contributed by atoms with Gasteiger partial charge >= 0.3 is 0 Å². The molecule has 0 saturated heterocycles. The minimum Gasteiger partial charge on any atom is -0.477 e. The van der Waals surface area contributed by atoms with Crippen LogP contribution in [0.1, 0.15) is 24.0 Å². The van der Waals surface area contributed by atoms with Gasteiger partial charge in [-0.05, 0) is 54.2 Å². The molecule has 166 valence electrons. The van der Waals surface area contributed by atoms with E-state index in [4.69, 9.17) is 9.88 Å². The summed E-state index contributed by atoms with van der Waals surface area (Å²) in [6.07, 6.45) is 7.81. The third kappa shape index (κ3) is 3.65. The average Bonchev–Trinajstić information content (AvgIpc) is 3.44. The van der Waals surface area contributed by atoms with Gasteiger partial charge in [-0.25, -0.2) is 18.4 Å². The van der Waals surface area contributed by atoms with Gasteiger partial charge < -0.3 is 10.1 Å². The first kappa shape index (κ1) is 20.7. The molecule has 8 nitrogen and oxygen atoms in total. The van der Waals surface area contributed by atoms with Gasteiger partial charge in [0.05, 0.1) is 18.5 Å². The molecule has 1 atom stereocenters. The average molecular weight is 455 g/mol. The van der Waals surface area contributed by atoms with Crippen LogP contribution in [-0.4, -0.2) is 25.6 Å². The van der Waals surface area contributed by atoms with E-state index in [1.807, 2.05) is 12.1 Å². The maximum atomic E-state index is 14.8. The standard InChI is InChI=1S/C22H23FN6O2S/c1-14(28-32(24,30)20-13-26-29-10-3-11-31-22(20)29)27-21-17-5-2-4-16(17)19(23)12-18(21)15-6-8-25-9-7-15/h6-9,12-13,27H,1-5,10-11H2,(H2,24,28,30). The largest absolute Gasteiger partial charge is 0.477 e. The van der Waals surface area contributed by atoms with Gasteiger partial charge in [-0.1, -0.05) is 6.58 Å². The van der Waals surface area contributed by atoms with Crippen molar-refractivity contribution in [3.05, 3.63) is 66.1 Å². The minimum atomic E-state index is -3.36. The topological polar surface area (TPSA) is 107 Å². The van der Waals surface area contributed by atoms with Gasteiger partial charge in [0, 0.05) is 30.9 Å². The lowest BCUT2D eigenvalue weighted by molar-refractivity contribution is 0.224. The molecule has 0 bridgehead atoms. The van der Waals surface area contributed by atoms with E-state index in [2.05, 4.69) is 26.3 Å². The van der Waals surface area contributed by atoms with Crippen molar-refractivity contribution in [3.63, 3.8) is 0 Å². The van der Waals surface area contributed by atoms with Gasteiger partial charge in [-0.3, -0.25) is 4.98 Å². The third-order valence-electron chi connectivity index (χ3n) is 5.68. The van der Waals surface area contributed by atoms with E-state index in [0.29, 0.717) is 42.3 Å². The Labute approximate surface area is 185 Å². The summed E-state index contributed by atoms with van der Waals surface area (Å²) in [5.74, 6) is 0.258. The van der Waals surface area contributed by atoms with Crippen LogP contribution in [0.5, 0.6) is 5.88 Å². The van der Waals surface area contributed by atoms with Crippen LogP contribution in [0.2, 0.25) is 0 Å². The molecule has 2 aromatic heterocycles. The second-order valence-electron chi connectivity index (χ2n) is 7.80. The number of aryl methyl sites for hydroxylation is 1. The Kier molecular flexibility index (Phi) is 5.18. The summed E-state index contributed by atoms with van der Waals surface area (Å²) in [5, 5.41) is 13.5. The van der Waals surface area contributed by atoms with E-state index < -0.39 is 9.92 Å². The SMILES string of the molecule is C=C(N=S(N)(=O)c1cnn2c1OCCC2)Nc1c(-c2ccncc2)cc(F)c2c1CCC2. The van der Waals surface area contributed by atoms with Crippen molar-refractivity contribution in [2.45, 2.75) is 37.1 Å². The summed E-state index contributed by atoms with van der Waals surface area (Å²) in [4.78, 5) is 4.28. The zero-order valence-corrected chi connectivity index (χ0v) is 18.2. The molecule has 0 amide bonds. The van der Waals surface area contributed by atoms with Gasteiger partial charge in [0.15, 0.2) is 0 Å². The first-order valence-corrected chi connectivity index (χ1v) is 12.0. The number of aromatic nitrogens is 3. The summed E-state index contributed by atoms with van der Waals surface area (Å²) >= 11 is 0. The second kappa shape index (κ2) is 8.03. The molecule has 10 heteroatoms. The van der Waals surface area contributed by atoms with Crippen LogP contribution in [0.4, 0.5) is 10.1 Å². The van der Waals surface area contributed by atoms with Crippen LogP contribution in [0.15, 0.2) is 58.4 Å². The minimum absolute atomic E-state index is 0.115. The van der Waals surface area contributed by atoms with Crippen molar-refractivity contribution < 1.29 is 13.3 Å². The first-order chi connectivity index (χ1) is 15.4. The van der Waals surface area contributed by atoms with Crippen molar-refractivity contribution in [2.75, 3.05) is 11.9 Å². The number of rotatable bonds is 5. The van der Waals surface area contributed by atoms with Crippen molar-refractivity contribution in [2.24, 2.45) is 9.50 Å². The van der Waals surface area contributed by atoms with Crippen molar-refractivity contribution in [1.82, 2.24) is 14.8 Å². The lowest BCUT2D eigenvalue weighted by Gasteiger charge is -2.18. The molecule has 0 saturated carbocycles. The molecule has 32 heavy (non-hydrogen) atoms. The predicted molar refractivity (Wildman–Crippen MR) is 120 cm³/mol. The van der Waals surface area contributed by atoms with Crippen molar-refractivity contribution in [3.8, 4) is 17.0 Å². The highest BCUT2D eigenvalue weighted by molar-refractivity contribution is 7.91. The molecular formula is C22H23FN6O2S. The van der Waals surface area contributed by atoms with Gasteiger partial charge in [-0.2, -0.15) is 9.46 Å². The smallest absolute Gasteiger partial charge is 0.230 e. The van der Waals surface area contributed by atoms with Crippen LogP contribution in [0.3, 0.4) is 0 Å². The van der Waals surface area contributed by atoms with E-state index >= 15 is 0 Å². The number of nitrogens with two attached hydrogens (primary N) is 1. The Morgan fingerprint density at radius 2 is 2.06 bits per heavy atom. The monoisotopic (exact) mass is 454 g/mol. The number of hydrogen-bond acceptors (Lipinski definition) is 6. The van der Waals surface area contributed by atoms with E-state index in [1.54, 1.807) is 17.1 Å². The Balaban J connectivity index is 1.54. The molecule has 1 aromatic carbocycles. The molecule has 0 spiro atoms. The lowest BCUT2D eigenvalue weighted by Crippen LogP contribution is -2.19. The lowest BCUT2D eigenvalue weighted by atomic mass is 9.97. The maximum absolute atomic E-state index is 14.8. The molecule has 0 radical (unpaired) electrons. The van der Waals surface area contributed by atoms with E-state index in [0.717, 1.165) is 30.4 Å². The highest BCUT2D eigenvalue weighted by Crippen LogP contribution is 2.40. The summed E-state index contributed by atoms with van der Waals surface area (Å²) in [6.45, 7) is 5.10. The highest BCUT2D eigenvalue weighted by atomic mass is 32.2. The van der Waals surface area contributed by atoms with E-state index in [9.17, 15) is 8.60 Å². The van der Waals surface area contributed by atoms with E-state index in [1.165, 1.54) is 12.3 Å². The fourth-order valence-corrected chi connectivity index (χ4v) is 5.34. The maximum Gasteiger partial charge on any atom is 0.230 e. The Bertz CT molecular complexity index is 1330. The Morgan fingerprint density at radius 3 is 2.88 bits per heavy atom. The van der Waals surface area contributed by atoms with E-state index in [-0.39, 0.29) is 16.5 Å². The number of benzene rings is 1. The van der Waals surface area contributed by atoms with Gasteiger partial charge in [0.1, 0.15) is 26.4 Å². The summed E-state index contributed by atoms with van der Waals surface area (Å²) in [5.41, 5.74) is 3.73. The first-order valence-electron chi connectivity index (χ1n) is 10.4. The summed E-state index contributed by atoms with van der Waals surface area (Å²) in [7, 11) is -3.36. The molecule has 0 fully saturated rings. The van der Waals surface area contributed by atoms with Crippen LogP contribution in [-0.2, 0) is 29.3 Å². The van der Waals surface area contributed by atoms with Crippen LogP contribution < -0.4 is 15.2 Å². The van der Waals surface area contributed by atoms with Crippen LogP contribution >= 0.6 is 0 Å². The van der Waals surface area contributed by atoms with Crippen LogP contribution in [0.25, 0.3) is 11.1 Å². The number of fused-ring (bicyclic) bond motifs is 2. The molecule has 5 rings (SSSR count). The number of pyridine rings is 1. The molecule has 1 unspecified atom stereocenters. The van der Waals surface area contributed by atoms with Gasteiger partial charge in [0.25, 0.3) is 0 Å². The summed E-state index contributed by atoms with van der Waals surface area (Å²) in [6, 6.07) is 5.13. The number of hydrogen-bond donors (Lipinski definition) is 2. The second-order valence-corrected chi connectivity index (χ2v) is 9.56. The molecule has 3 heterocycles. The molecule has 2 aliphatic rings. The van der Waals surface area contributed by atoms with Gasteiger partial charge in [0.2, 0.25) is 5.88 Å². The number of halogens is 1. The quantitative estimate of drug-likeness (QED) is 0.612. The third-order valence-corrected chi connectivity index (χ3v) is 7.08. The van der Waals surface area contributed by atoms with Gasteiger partial charge in [-0.15, -0.1) is 0 Å². The van der Waals surface area contributed by atoms with Crippen molar-refractivity contribution >= 4 is 15.6 Å². The fraction of sp³-hybridized carbons (Fsp3) is 0.273. The predicted octanol–water partition coefficient (Wildman–Crippen LogP) is 3.64. The zero-order chi connectivity index (χ0) is 22.3. The normalized spacial score (nSPS) is 16.4. The summed E-state index contributed by atoms with van der Waals surface area (Å²) < 4.78 is 39.5. The molecular weight excluding hydrogens is 431 g/mol. The molecule has 3 aromatic rings. The van der Waals surface area contributed by atoms with Crippen LogP contribution in [0, 0.1) is 5.82 Å². The zero-order valence-electron chi connectivity index (χ0n) is 17.4. The number of nitrogens with one attached hydrogen (secondary N) is 1. The number of ether oxygens (including phenoxy) is 1. The fourth-order valence-electron chi connectivity index (χ4n) is 4.26. The Morgan fingerprint density at radius 1 is 1.28 bits per heavy atom. The van der Waals surface area contributed by atoms with Crippen molar-refractivity contribution in [1.29, 1.82) is 0 Å². The highest BCUT2D eigenvalue weighted by Gasteiger charge is 2.25. The molecule has 1 aliphatic heterocycles.